The van der Waals surface area contributed by atoms with Crippen molar-refractivity contribution in [3.05, 3.63) is 50.8 Å². The molecule has 0 aliphatic heterocycles. The molecule has 120 valence electrons. The van der Waals surface area contributed by atoms with Crippen LogP contribution in [0.3, 0.4) is 0 Å². The lowest BCUT2D eigenvalue weighted by atomic mass is 10.6. The standard InChI is InChI=1S/C4H6.C3H6O.C3H6.4C2H6/c2*1-3-4-2;1-3-2;4*1-2/h3-4H,1-2H2;3H,1H2,2H3;3H,1H2,2H3;4*1-2H3. The van der Waals surface area contributed by atoms with Gasteiger partial charge in [-0.05, 0) is 6.92 Å². The molecule has 0 rings (SSSR count). The monoisotopic (exact) mass is 274 g/mol. The Hall–Kier alpha value is -1.24. The Bertz CT molecular complexity index is 87.9. The van der Waals surface area contributed by atoms with Crippen LogP contribution in [0.5, 0.6) is 0 Å². The number of hydrogen-bond acceptors (Lipinski definition) is 1. The van der Waals surface area contributed by atoms with Crippen LogP contribution in [-0.4, -0.2) is 7.11 Å². The van der Waals surface area contributed by atoms with E-state index < -0.39 is 0 Å². The van der Waals surface area contributed by atoms with Gasteiger partial charge in [-0.1, -0.05) is 93.4 Å². The van der Waals surface area contributed by atoms with Crippen molar-refractivity contribution in [3.8, 4) is 0 Å². The molecule has 1 heteroatoms. The summed E-state index contributed by atoms with van der Waals surface area (Å²) in [6.07, 6.45) is 6.40. The second-order valence-electron chi connectivity index (χ2n) is 1.28. The zero-order valence-corrected chi connectivity index (χ0v) is 15.5. The zero-order valence-electron chi connectivity index (χ0n) is 15.5. The molecule has 0 N–H and O–H groups in total. The molecule has 0 bridgehead atoms. The number of methoxy groups -OCH3 is 1. The quantitative estimate of drug-likeness (QED) is 0.289. The van der Waals surface area contributed by atoms with E-state index in [9.17, 15) is 0 Å². The van der Waals surface area contributed by atoms with Crippen LogP contribution in [0.4, 0.5) is 0 Å². The van der Waals surface area contributed by atoms with Crippen molar-refractivity contribution >= 4 is 0 Å². The molecule has 0 aromatic rings. The topological polar surface area (TPSA) is 9.23 Å². The first kappa shape index (κ1) is 43.1. The minimum Gasteiger partial charge on any atom is -0.505 e. The number of allylic oxidation sites excluding steroid dienone is 3. The highest BCUT2D eigenvalue weighted by atomic mass is 16.5. The van der Waals surface area contributed by atoms with Crippen LogP contribution in [0.15, 0.2) is 50.8 Å². The third-order valence-electron chi connectivity index (χ3n) is 0.333. The van der Waals surface area contributed by atoms with E-state index in [4.69, 9.17) is 0 Å². The van der Waals surface area contributed by atoms with Gasteiger partial charge in [-0.25, -0.2) is 0 Å². The molecule has 0 fully saturated rings. The molecule has 0 radical (unpaired) electrons. The second-order valence-corrected chi connectivity index (χ2v) is 1.28. The van der Waals surface area contributed by atoms with Gasteiger partial charge in [0, 0.05) is 0 Å². The lowest BCUT2D eigenvalue weighted by Crippen LogP contribution is -1.54. The summed E-state index contributed by atoms with van der Waals surface area (Å²) < 4.78 is 4.31. The summed E-state index contributed by atoms with van der Waals surface area (Å²) in [6.45, 7) is 31.2. The number of rotatable bonds is 2. The summed E-state index contributed by atoms with van der Waals surface area (Å²) in [5.74, 6) is 0. The van der Waals surface area contributed by atoms with Crippen molar-refractivity contribution in [1.29, 1.82) is 0 Å². The van der Waals surface area contributed by atoms with E-state index >= 15 is 0 Å². The summed E-state index contributed by atoms with van der Waals surface area (Å²) in [4.78, 5) is 0. The minimum absolute atomic E-state index is 1.38. The molecule has 0 heterocycles. The van der Waals surface area contributed by atoms with Gasteiger partial charge >= 0.3 is 0 Å². The Balaban J connectivity index is -0.0000000182. The average Bonchev–Trinajstić information content (AvgIpc) is 2.55. The normalized spacial score (nSPS) is 4.11. The molecule has 1 nitrogen and oxygen atoms in total. The highest BCUT2D eigenvalue weighted by molar-refractivity contribution is 4.88. The molecule has 0 aliphatic carbocycles. The first-order valence-corrected chi connectivity index (χ1v) is 7.19. The average molecular weight is 275 g/mol. The predicted octanol–water partition coefficient (Wildman–Crippen LogP) is 7.43. The molecular weight excluding hydrogens is 232 g/mol. The van der Waals surface area contributed by atoms with Gasteiger partial charge < -0.3 is 4.74 Å². The van der Waals surface area contributed by atoms with E-state index in [1.807, 2.05) is 62.3 Å². The maximum absolute atomic E-state index is 4.31. The highest BCUT2D eigenvalue weighted by Gasteiger charge is 1.36. The molecule has 0 aromatic carbocycles. The SMILES string of the molecule is C=CC.C=CC=C.C=COC.CC.CC.CC.CC. The predicted molar refractivity (Wildman–Crippen MR) is 98.9 cm³/mol. The van der Waals surface area contributed by atoms with Crippen molar-refractivity contribution in [2.75, 3.05) is 7.11 Å². The van der Waals surface area contributed by atoms with E-state index in [1.54, 1.807) is 25.3 Å². The van der Waals surface area contributed by atoms with Crippen molar-refractivity contribution in [2.45, 2.75) is 62.3 Å². The minimum atomic E-state index is 1.38. The smallest absolute Gasteiger partial charge is 0.0766 e. The summed E-state index contributed by atoms with van der Waals surface area (Å²) >= 11 is 0. The van der Waals surface area contributed by atoms with Crippen LogP contribution in [0.1, 0.15) is 62.3 Å². The molecule has 19 heavy (non-hydrogen) atoms. The third kappa shape index (κ3) is 6320. The maximum Gasteiger partial charge on any atom is 0.0766 e. The van der Waals surface area contributed by atoms with Crippen LogP contribution in [0.25, 0.3) is 0 Å². The summed E-state index contributed by atoms with van der Waals surface area (Å²) in [6, 6.07) is 0. The molecule has 0 saturated heterocycles. The van der Waals surface area contributed by atoms with Gasteiger partial charge in [0.2, 0.25) is 0 Å². The van der Waals surface area contributed by atoms with Crippen LogP contribution in [-0.2, 0) is 4.74 Å². The Morgan fingerprint density at radius 1 is 0.632 bits per heavy atom. The fourth-order valence-electron chi connectivity index (χ4n) is 0. The number of ether oxygens (including phenoxy) is 1. The Morgan fingerprint density at radius 2 is 0.737 bits per heavy atom. The Kier molecular flexibility index (Phi) is 668. The lowest BCUT2D eigenvalue weighted by Gasteiger charge is -1.73. The summed E-state index contributed by atoms with van der Waals surface area (Å²) in [7, 11) is 1.56. The maximum atomic E-state index is 4.31. The first-order chi connectivity index (χ1) is 9.24. The van der Waals surface area contributed by atoms with E-state index in [0.29, 0.717) is 0 Å². The van der Waals surface area contributed by atoms with Crippen LogP contribution < -0.4 is 0 Å². The van der Waals surface area contributed by atoms with Crippen molar-refractivity contribution in [2.24, 2.45) is 0 Å². The molecule has 0 atom stereocenters. The van der Waals surface area contributed by atoms with Gasteiger partial charge in [-0.2, -0.15) is 0 Å². The molecule has 0 unspecified atom stereocenters. The molecule has 0 aromatic heterocycles. The summed E-state index contributed by atoms with van der Waals surface area (Å²) in [5.41, 5.74) is 0. The third-order valence-corrected chi connectivity index (χ3v) is 0.333. The Labute approximate surface area is 125 Å². The van der Waals surface area contributed by atoms with Crippen molar-refractivity contribution in [3.63, 3.8) is 0 Å². The molecule has 0 aliphatic rings. The number of hydrogen-bond donors (Lipinski definition) is 0. The van der Waals surface area contributed by atoms with Crippen LogP contribution >= 0.6 is 0 Å². The van der Waals surface area contributed by atoms with Gasteiger partial charge in [-0.15, -0.1) is 6.58 Å². The van der Waals surface area contributed by atoms with Gasteiger partial charge in [0.1, 0.15) is 0 Å². The Morgan fingerprint density at radius 3 is 0.737 bits per heavy atom. The van der Waals surface area contributed by atoms with E-state index in [2.05, 4.69) is 31.1 Å². The van der Waals surface area contributed by atoms with Gasteiger partial charge in [0.25, 0.3) is 0 Å². The second kappa shape index (κ2) is 294. The van der Waals surface area contributed by atoms with Gasteiger partial charge in [-0.3, -0.25) is 0 Å². The largest absolute Gasteiger partial charge is 0.505 e. The zero-order chi connectivity index (χ0) is 17.5. The van der Waals surface area contributed by atoms with E-state index in [-0.39, 0.29) is 0 Å². The lowest BCUT2D eigenvalue weighted by molar-refractivity contribution is 0.339. The molecular formula is C18H42O. The van der Waals surface area contributed by atoms with Crippen molar-refractivity contribution in [1.82, 2.24) is 0 Å². The summed E-state index contributed by atoms with van der Waals surface area (Å²) in [5, 5.41) is 0. The van der Waals surface area contributed by atoms with Gasteiger partial charge in [0.15, 0.2) is 0 Å². The van der Waals surface area contributed by atoms with E-state index in [1.165, 1.54) is 6.26 Å². The molecule has 0 saturated carbocycles. The van der Waals surface area contributed by atoms with Gasteiger partial charge in [0.05, 0.1) is 13.4 Å². The molecule has 0 spiro atoms. The molecule has 0 amide bonds. The fraction of sp³-hybridized carbons (Fsp3) is 0.556. The van der Waals surface area contributed by atoms with Crippen LogP contribution in [0, 0.1) is 0 Å². The first-order valence-electron chi connectivity index (χ1n) is 7.19. The fourth-order valence-corrected chi connectivity index (χ4v) is 0. The van der Waals surface area contributed by atoms with Crippen LogP contribution in [0.2, 0.25) is 0 Å². The van der Waals surface area contributed by atoms with Crippen molar-refractivity contribution < 1.29 is 4.74 Å². The van der Waals surface area contributed by atoms with E-state index in [0.717, 1.165) is 0 Å². The highest BCUT2D eigenvalue weighted by Crippen LogP contribution is 1.52.